The van der Waals surface area contributed by atoms with Crippen LogP contribution in [0.5, 0.6) is 0 Å². The molecule has 16 heavy (non-hydrogen) atoms. The lowest BCUT2D eigenvalue weighted by Crippen LogP contribution is -2.30. The van der Waals surface area contributed by atoms with Crippen molar-refractivity contribution in [1.82, 2.24) is 4.90 Å². The molecule has 0 saturated carbocycles. The Hall–Kier alpha value is -0.380. The number of thioether (sulfide) groups is 1. The second kappa shape index (κ2) is 6.38. The van der Waals surface area contributed by atoms with Gasteiger partial charge in [-0.2, -0.15) is 11.8 Å². The van der Waals surface area contributed by atoms with E-state index in [1.165, 1.54) is 0 Å². The summed E-state index contributed by atoms with van der Waals surface area (Å²) in [5, 5.41) is 0.695. The molecule has 0 aromatic heterocycles. The van der Waals surface area contributed by atoms with Crippen LogP contribution >= 0.6 is 23.4 Å². The van der Waals surface area contributed by atoms with E-state index in [9.17, 15) is 0 Å². The number of hydrogen-bond donors (Lipinski definition) is 1. The first-order valence-corrected chi connectivity index (χ1v) is 7.05. The van der Waals surface area contributed by atoms with Gasteiger partial charge in [-0.1, -0.05) is 17.7 Å². The van der Waals surface area contributed by atoms with Crippen LogP contribution in [0.25, 0.3) is 0 Å². The average molecular weight is 259 g/mol. The van der Waals surface area contributed by atoms with E-state index in [2.05, 4.69) is 25.1 Å². The van der Waals surface area contributed by atoms with Crippen molar-refractivity contribution in [1.29, 1.82) is 0 Å². The number of benzene rings is 1. The highest BCUT2D eigenvalue weighted by Gasteiger charge is 2.10. The van der Waals surface area contributed by atoms with Crippen molar-refractivity contribution >= 4 is 29.1 Å². The Balaban J connectivity index is 2.65. The summed E-state index contributed by atoms with van der Waals surface area (Å²) in [5.41, 5.74) is 7.84. The van der Waals surface area contributed by atoms with Crippen LogP contribution in [0.1, 0.15) is 12.5 Å². The third kappa shape index (κ3) is 3.89. The summed E-state index contributed by atoms with van der Waals surface area (Å²) < 4.78 is 0. The topological polar surface area (TPSA) is 29.3 Å². The normalized spacial score (nSPS) is 13.1. The van der Waals surface area contributed by atoms with Gasteiger partial charge in [-0.3, -0.25) is 4.90 Å². The largest absolute Gasteiger partial charge is 0.398 e. The molecule has 0 radical (unpaired) electrons. The maximum atomic E-state index is 5.93. The molecule has 1 atom stereocenters. The number of nitrogens with zero attached hydrogens (tertiary/aromatic N) is 1. The van der Waals surface area contributed by atoms with Gasteiger partial charge >= 0.3 is 0 Å². The molecule has 90 valence electrons. The van der Waals surface area contributed by atoms with E-state index in [1.807, 2.05) is 30.0 Å². The Bertz CT molecular complexity index is 344. The molecule has 0 bridgehead atoms. The van der Waals surface area contributed by atoms with Crippen molar-refractivity contribution in [2.75, 3.05) is 24.8 Å². The highest BCUT2D eigenvalue weighted by atomic mass is 35.5. The van der Waals surface area contributed by atoms with Gasteiger partial charge in [0.05, 0.1) is 0 Å². The third-order valence-corrected chi connectivity index (χ3v) is 3.74. The molecular formula is C12H19ClN2S. The van der Waals surface area contributed by atoms with E-state index in [0.717, 1.165) is 23.5 Å². The highest BCUT2D eigenvalue weighted by Crippen LogP contribution is 2.20. The molecule has 4 heteroatoms. The SMILES string of the molecule is CSCC(C)N(C)Cc1ccc(Cl)cc1N. The van der Waals surface area contributed by atoms with Gasteiger partial charge in [0.15, 0.2) is 0 Å². The Kier molecular flexibility index (Phi) is 5.46. The molecule has 1 rings (SSSR count). The van der Waals surface area contributed by atoms with Crippen LogP contribution < -0.4 is 5.73 Å². The van der Waals surface area contributed by atoms with Gasteiger partial charge in [0, 0.05) is 29.0 Å². The molecular weight excluding hydrogens is 240 g/mol. The van der Waals surface area contributed by atoms with Crippen molar-refractivity contribution < 1.29 is 0 Å². The zero-order valence-corrected chi connectivity index (χ0v) is 11.6. The van der Waals surface area contributed by atoms with Gasteiger partial charge in [0.25, 0.3) is 0 Å². The van der Waals surface area contributed by atoms with Crippen LogP contribution in [0.2, 0.25) is 5.02 Å². The molecule has 0 aliphatic rings. The minimum atomic E-state index is 0.546. The second-order valence-electron chi connectivity index (χ2n) is 4.06. The number of rotatable bonds is 5. The number of nitrogen functional groups attached to an aromatic ring is 1. The first-order chi connectivity index (χ1) is 7.54. The molecule has 0 spiro atoms. The lowest BCUT2D eigenvalue weighted by atomic mass is 10.1. The maximum Gasteiger partial charge on any atom is 0.0426 e. The maximum absolute atomic E-state index is 5.93. The smallest absolute Gasteiger partial charge is 0.0426 e. The van der Waals surface area contributed by atoms with Gasteiger partial charge in [-0.25, -0.2) is 0 Å². The van der Waals surface area contributed by atoms with Gasteiger partial charge < -0.3 is 5.73 Å². The average Bonchev–Trinajstić information content (AvgIpc) is 2.22. The predicted molar refractivity (Wildman–Crippen MR) is 75.2 cm³/mol. The van der Waals surface area contributed by atoms with Crippen LogP contribution in [0.4, 0.5) is 5.69 Å². The Morgan fingerprint density at radius 2 is 2.19 bits per heavy atom. The van der Waals surface area contributed by atoms with Gasteiger partial charge in [0.2, 0.25) is 0 Å². The highest BCUT2D eigenvalue weighted by molar-refractivity contribution is 7.98. The molecule has 1 aromatic carbocycles. The van der Waals surface area contributed by atoms with E-state index in [-0.39, 0.29) is 0 Å². The molecule has 0 fully saturated rings. The van der Waals surface area contributed by atoms with Gasteiger partial charge in [-0.05, 0) is 37.9 Å². The molecule has 0 saturated heterocycles. The van der Waals surface area contributed by atoms with Crippen LogP contribution in [0.15, 0.2) is 18.2 Å². The monoisotopic (exact) mass is 258 g/mol. The quantitative estimate of drug-likeness (QED) is 0.823. The molecule has 0 aliphatic heterocycles. The van der Waals surface area contributed by atoms with E-state index in [4.69, 9.17) is 17.3 Å². The van der Waals surface area contributed by atoms with Gasteiger partial charge in [-0.15, -0.1) is 0 Å². The summed E-state index contributed by atoms with van der Waals surface area (Å²) in [7, 11) is 2.12. The lowest BCUT2D eigenvalue weighted by molar-refractivity contribution is 0.270. The van der Waals surface area contributed by atoms with E-state index < -0.39 is 0 Å². The minimum Gasteiger partial charge on any atom is -0.398 e. The Morgan fingerprint density at radius 3 is 2.75 bits per heavy atom. The predicted octanol–water partition coefficient (Wildman–Crippen LogP) is 3.11. The van der Waals surface area contributed by atoms with E-state index in [0.29, 0.717) is 11.1 Å². The fourth-order valence-electron chi connectivity index (χ4n) is 1.50. The number of hydrogen-bond acceptors (Lipinski definition) is 3. The van der Waals surface area contributed by atoms with Crippen LogP contribution in [-0.4, -0.2) is 30.0 Å². The Labute approximate surface area is 107 Å². The fraction of sp³-hybridized carbons (Fsp3) is 0.500. The zero-order chi connectivity index (χ0) is 12.1. The van der Waals surface area contributed by atoms with Crippen LogP contribution in [-0.2, 0) is 6.54 Å². The zero-order valence-electron chi connectivity index (χ0n) is 10.0. The van der Waals surface area contributed by atoms with Crippen molar-refractivity contribution in [3.63, 3.8) is 0 Å². The molecule has 2 nitrogen and oxygen atoms in total. The first kappa shape index (κ1) is 13.7. The lowest BCUT2D eigenvalue weighted by Gasteiger charge is -2.24. The fourth-order valence-corrected chi connectivity index (χ4v) is 2.42. The first-order valence-electron chi connectivity index (χ1n) is 5.27. The van der Waals surface area contributed by atoms with Crippen LogP contribution in [0.3, 0.4) is 0 Å². The van der Waals surface area contributed by atoms with Crippen LogP contribution in [0, 0.1) is 0 Å². The summed E-state index contributed by atoms with van der Waals surface area (Å²) in [5.74, 6) is 1.13. The van der Waals surface area contributed by atoms with E-state index in [1.54, 1.807) is 0 Å². The molecule has 2 N–H and O–H groups in total. The van der Waals surface area contributed by atoms with Crippen molar-refractivity contribution in [3.8, 4) is 0 Å². The molecule has 1 aromatic rings. The molecule has 1 unspecified atom stereocenters. The Morgan fingerprint density at radius 1 is 1.50 bits per heavy atom. The summed E-state index contributed by atoms with van der Waals surface area (Å²) in [6.07, 6.45) is 2.13. The number of nitrogens with two attached hydrogens (primary N) is 1. The van der Waals surface area contributed by atoms with Crippen molar-refractivity contribution in [3.05, 3.63) is 28.8 Å². The molecule has 0 aliphatic carbocycles. The number of anilines is 1. The van der Waals surface area contributed by atoms with Crippen molar-refractivity contribution in [2.45, 2.75) is 19.5 Å². The summed E-state index contributed by atoms with van der Waals surface area (Å²) in [6, 6.07) is 6.25. The van der Waals surface area contributed by atoms with E-state index >= 15 is 0 Å². The summed E-state index contributed by atoms with van der Waals surface area (Å²) >= 11 is 7.73. The minimum absolute atomic E-state index is 0.546. The number of halogens is 1. The second-order valence-corrected chi connectivity index (χ2v) is 5.41. The standard InChI is InChI=1S/C12H19ClN2S/c1-9(8-16-3)15(2)7-10-4-5-11(13)6-12(10)14/h4-6,9H,7-8,14H2,1-3H3. The molecule has 0 amide bonds. The third-order valence-electron chi connectivity index (χ3n) is 2.69. The van der Waals surface area contributed by atoms with Crippen molar-refractivity contribution in [2.24, 2.45) is 0 Å². The molecule has 0 heterocycles. The summed E-state index contributed by atoms with van der Waals surface area (Å²) in [6.45, 7) is 3.09. The summed E-state index contributed by atoms with van der Waals surface area (Å²) in [4.78, 5) is 2.30. The van der Waals surface area contributed by atoms with Gasteiger partial charge in [0.1, 0.15) is 0 Å².